The number of hydrogen-bond donors (Lipinski definition) is 2. The molecule has 1 saturated heterocycles. The number of halogens is 2. The van der Waals surface area contributed by atoms with Crippen molar-refractivity contribution in [1.82, 2.24) is 15.6 Å². The average molecular weight is 467 g/mol. The summed E-state index contributed by atoms with van der Waals surface area (Å²) >= 11 is 1.82. The SMILES string of the molecule is CN=C(NCC(C)(C)SC)NC1CCN(c2ncccc2F)C1.I. The van der Waals surface area contributed by atoms with Crippen LogP contribution in [-0.4, -0.2) is 54.7 Å². The van der Waals surface area contributed by atoms with Gasteiger partial charge < -0.3 is 15.5 Å². The summed E-state index contributed by atoms with van der Waals surface area (Å²) in [5.41, 5.74) is 0. The quantitative estimate of drug-likeness (QED) is 0.397. The monoisotopic (exact) mass is 467 g/mol. The lowest BCUT2D eigenvalue weighted by atomic mass is 10.2. The van der Waals surface area contributed by atoms with Gasteiger partial charge in [0, 0.05) is 43.7 Å². The van der Waals surface area contributed by atoms with Gasteiger partial charge in [-0.3, -0.25) is 4.99 Å². The van der Waals surface area contributed by atoms with Gasteiger partial charge in [-0.1, -0.05) is 0 Å². The van der Waals surface area contributed by atoms with Gasteiger partial charge in [-0.15, -0.1) is 24.0 Å². The predicted molar refractivity (Wildman–Crippen MR) is 112 cm³/mol. The first-order chi connectivity index (χ1) is 10.9. The van der Waals surface area contributed by atoms with Crippen LogP contribution in [0.2, 0.25) is 0 Å². The van der Waals surface area contributed by atoms with Gasteiger partial charge in [0.15, 0.2) is 17.6 Å². The molecule has 1 aromatic heterocycles. The van der Waals surface area contributed by atoms with Gasteiger partial charge in [0.05, 0.1) is 0 Å². The third kappa shape index (κ3) is 5.94. The lowest BCUT2D eigenvalue weighted by Gasteiger charge is -2.25. The number of aliphatic imine (C=N–C) groups is 1. The van der Waals surface area contributed by atoms with Gasteiger partial charge in [0.2, 0.25) is 0 Å². The van der Waals surface area contributed by atoms with Crippen molar-refractivity contribution in [3.05, 3.63) is 24.1 Å². The smallest absolute Gasteiger partial charge is 0.191 e. The van der Waals surface area contributed by atoms with Crippen molar-refractivity contribution in [2.45, 2.75) is 31.1 Å². The molecule has 1 atom stereocenters. The number of rotatable bonds is 5. The van der Waals surface area contributed by atoms with E-state index < -0.39 is 0 Å². The van der Waals surface area contributed by atoms with E-state index in [-0.39, 0.29) is 40.6 Å². The zero-order chi connectivity index (χ0) is 16.9. The zero-order valence-corrected chi connectivity index (χ0v) is 17.8. The maximum atomic E-state index is 13.8. The molecule has 0 spiro atoms. The largest absolute Gasteiger partial charge is 0.355 e. The molecule has 1 aromatic rings. The molecule has 1 aliphatic heterocycles. The molecular weight excluding hydrogens is 440 g/mol. The Morgan fingerprint density at radius 1 is 1.54 bits per heavy atom. The van der Waals surface area contributed by atoms with Gasteiger partial charge in [-0.05, 0) is 38.7 Å². The molecule has 0 aliphatic carbocycles. The van der Waals surface area contributed by atoms with Crippen molar-refractivity contribution >= 4 is 47.5 Å². The number of thioether (sulfide) groups is 1. The Hall–Kier alpha value is -0.770. The van der Waals surface area contributed by atoms with Crippen LogP contribution in [-0.2, 0) is 0 Å². The lowest BCUT2D eigenvalue weighted by Crippen LogP contribution is -2.47. The fraction of sp³-hybridized carbons (Fsp3) is 0.625. The third-order valence-electron chi connectivity index (χ3n) is 4.03. The fourth-order valence-electron chi connectivity index (χ4n) is 2.44. The molecule has 1 unspecified atom stereocenters. The summed E-state index contributed by atoms with van der Waals surface area (Å²) in [4.78, 5) is 10.4. The summed E-state index contributed by atoms with van der Waals surface area (Å²) in [6.45, 7) is 6.73. The molecule has 1 fully saturated rings. The van der Waals surface area contributed by atoms with Gasteiger partial charge in [-0.2, -0.15) is 11.8 Å². The van der Waals surface area contributed by atoms with Crippen LogP contribution in [0.3, 0.4) is 0 Å². The number of pyridine rings is 1. The number of nitrogens with one attached hydrogen (secondary N) is 2. The van der Waals surface area contributed by atoms with Crippen LogP contribution in [0.25, 0.3) is 0 Å². The highest BCUT2D eigenvalue weighted by Gasteiger charge is 2.26. The molecule has 8 heteroatoms. The molecule has 2 rings (SSSR count). The van der Waals surface area contributed by atoms with Crippen molar-refractivity contribution in [1.29, 1.82) is 0 Å². The molecule has 2 heterocycles. The van der Waals surface area contributed by atoms with E-state index in [0.717, 1.165) is 32.0 Å². The molecule has 0 amide bonds. The van der Waals surface area contributed by atoms with E-state index in [0.29, 0.717) is 5.82 Å². The fourth-order valence-corrected chi connectivity index (χ4v) is 2.65. The number of aromatic nitrogens is 1. The van der Waals surface area contributed by atoms with Crippen LogP contribution in [0, 0.1) is 5.82 Å². The highest BCUT2D eigenvalue weighted by Crippen LogP contribution is 2.21. The molecule has 1 aliphatic rings. The maximum absolute atomic E-state index is 13.8. The second-order valence-corrected chi connectivity index (χ2v) is 7.79. The first kappa shape index (κ1) is 21.3. The van der Waals surface area contributed by atoms with Crippen molar-refractivity contribution in [2.24, 2.45) is 4.99 Å². The Labute approximate surface area is 165 Å². The highest BCUT2D eigenvalue weighted by atomic mass is 127. The molecule has 0 saturated carbocycles. The number of guanidine groups is 1. The first-order valence-corrected chi connectivity index (χ1v) is 9.05. The molecular formula is C16H27FIN5S. The van der Waals surface area contributed by atoms with E-state index in [1.807, 2.05) is 16.7 Å². The van der Waals surface area contributed by atoms with Crippen molar-refractivity contribution in [2.75, 3.05) is 37.8 Å². The van der Waals surface area contributed by atoms with E-state index in [9.17, 15) is 4.39 Å². The summed E-state index contributed by atoms with van der Waals surface area (Å²) in [6, 6.07) is 3.30. The Bertz CT molecular complexity index is 555. The standard InChI is InChI=1S/C16H26FN5S.HI/c1-16(2,23-4)11-20-15(18-3)21-12-7-9-22(10-12)14-13(17)6-5-8-19-14;/h5-6,8,12H,7,9-11H2,1-4H3,(H2,18,20,21);1H. The van der Waals surface area contributed by atoms with E-state index in [1.54, 1.807) is 19.3 Å². The Morgan fingerprint density at radius 3 is 2.92 bits per heavy atom. The van der Waals surface area contributed by atoms with E-state index in [2.05, 4.69) is 40.7 Å². The minimum Gasteiger partial charge on any atom is -0.355 e. The van der Waals surface area contributed by atoms with Gasteiger partial charge in [0.25, 0.3) is 0 Å². The molecule has 2 N–H and O–H groups in total. The van der Waals surface area contributed by atoms with Crippen molar-refractivity contribution < 1.29 is 4.39 Å². The van der Waals surface area contributed by atoms with E-state index in [4.69, 9.17) is 0 Å². The Balaban J connectivity index is 0.00000288. The summed E-state index contributed by atoms with van der Waals surface area (Å²) in [6.07, 6.45) is 4.67. The number of nitrogens with zero attached hydrogens (tertiary/aromatic N) is 3. The normalized spacial score (nSPS) is 18.3. The van der Waals surface area contributed by atoms with Crippen molar-refractivity contribution in [3.63, 3.8) is 0 Å². The van der Waals surface area contributed by atoms with E-state index >= 15 is 0 Å². The lowest BCUT2D eigenvalue weighted by molar-refractivity contribution is 0.609. The summed E-state index contributed by atoms with van der Waals surface area (Å²) in [7, 11) is 1.77. The number of anilines is 1. The van der Waals surface area contributed by atoms with Gasteiger partial charge in [-0.25, -0.2) is 9.37 Å². The molecule has 0 bridgehead atoms. The van der Waals surface area contributed by atoms with Crippen LogP contribution in [0.4, 0.5) is 10.2 Å². The van der Waals surface area contributed by atoms with Gasteiger partial charge in [0.1, 0.15) is 0 Å². The second kappa shape index (κ2) is 9.65. The maximum Gasteiger partial charge on any atom is 0.191 e. The molecule has 24 heavy (non-hydrogen) atoms. The summed E-state index contributed by atoms with van der Waals surface area (Å²) in [5.74, 6) is 0.959. The van der Waals surface area contributed by atoms with Crippen LogP contribution in [0.5, 0.6) is 0 Å². The second-order valence-electron chi connectivity index (χ2n) is 6.27. The molecule has 136 valence electrons. The van der Waals surface area contributed by atoms with Crippen LogP contribution < -0.4 is 15.5 Å². The third-order valence-corrected chi connectivity index (χ3v) is 5.27. The highest BCUT2D eigenvalue weighted by molar-refractivity contribution is 14.0. The molecule has 5 nitrogen and oxygen atoms in total. The minimum atomic E-state index is -0.266. The molecule has 0 aromatic carbocycles. The van der Waals surface area contributed by atoms with Gasteiger partial charge >= 0.3 is 0 Å². The first-order valence-electron chi connectivity index (χ1n) is 7.83. The summed E-state index contributed by atoms with van der Waals surface area (Å²) in [5, 5.41) is 6.78. The van der Waals surface area contributed by atoms with E-state index in [1.165, 1.54) is 6.07 Å². The van der Waals surface area contributed by atoms with Crippen LogP contribution in [0.15, 0.2) is 23.3 Å². The Morgan fingerprint density at radius 2 is 2.29 bits per heavy atom. The molecule has 0 radical (unpaired) electrons. The number of hydrogen-bond acceptors (Lipinski definition) is 4. The van der Waals surface area contributed by atoms with Crippen LogP contribution >= 0.6 is 35.7 Å². The summed E-state index contributed by atoms with van der Waals surface area (Å²) < 4.78 is 14.0. The average Bonchev–Trinajstić information content (AvgIpc) is 3.00. The predicted octanol–water partition coefficient (Wildman–Crippen LogP) is 2.72. The zero-order valence-electron chi connectivity index (χ0n) is 14.7. The van der Waals surface area contributed by atoms with Crippen LogP contribution in [0.1, 0.15) is 20.3 Å². The topological polar surface area (TPSA) is 52.6 Å². The minimum absolute atomic E-state index is 0. The van der Waals surface area contributed by atoms with Crippen molar-refractivity contribution in [3.8, 4) is 0 Å². The Kier molecular flexibility index (Phi) is 8.55.